The summed E-state index contributed by atoms with van der Waals surface area (Å²) in [6.07, 6.45) is 2.71. The highest BCUT2D eigenvalue weighted by molar-refractivity contribution is 7.71. The summed E-state index contributed by atoms with van der Waals surface area (Å²) in [5.41, 5.74) is 0.951. The van der Waals surface area contributed by atoms with Crippen LogP contribution in [0, 0.1) is 10.5 Å². The molecular formula is C13H8FN3S. The zero-order valence-corrected chi connectivity index (χ0v) is 10.0. The van der Waals surface area contributed by atoms with Gasteiger partial charge in [0.2, 0.25) is 0 Å². The van der Waals surface area contributed by atoms with E-state index in [0.29, 0.717) is 15.9 Å². The Morgan fingerprint density at radius 2 is 1.89 bits per heavy atom. The standard InChI is InChI=1S/C13H8FN3S/c14-11-7-15-6-5-10(11)12-8-3-1-2-4-9(8)13(18)17-16-12/h1-7H,(H,17,18). The maximum absolute atomic E-state index is 13.8. The number of hydrogen-bond acceptors (Lipinski definition) is 3. The van der Waals surface area contributed by atoms with Crippen molar-refractivity contribution in [2.45, 2.75) is 0 Å². The van der Waals surface area contributed by atoms with E-state index < -0.39 is 5.82 Å². The maximum atomic E-state index is 13.8. The zero-order chi connectivity index (χ0) is 12.5. The molecule has 0 unspecified atom stereocenters. The molecule has 0 fully saturated rings. The smallest absolute Gasteiger partial charge is 0.150 e. The highest BCUT2D eigenvalue weighted by atomic mass is 32.1. The highest BCUT2D eigenvalue weighted by Gasteiger charge is 2.10. The van der Waals surface area contributed by atoms with Crippen LogP contribution in [0.5, 0.6) is 0 Å². The molecule has 0 atom stereocenters. The minimum atomic E-state index is -0.402. The lowest BCUT2D eigenvalue weighted by molar-refractivity contribution is 0.624. The molecule has 0 aliphatic carbocycles. The number of hydrogen-bond donors (Lipinski definition) is 1. The number of fused-ring (bicyclic) bond motifs is 1. The van der Waals surface area contributed by atoms with Gasteiger partial charge in [-0.1, -0.05) is 36.5 Å². The summed E-state index contributed by atoms with van der Waals surface area (Å²) < 4.78 is 14.3. The Labute approximate surface area is 107 Å². The molecule has 88 valence electrons. The second kappa shape index (κ2) is 4.27. The molecule has 0 saturated carbocycles. The number of benzene rings is 1. The second-order valence-corrected chi connectivity index (χ2v) is 4.21. The van der Waals surface area contributed by atoms with Crippen molar-refractivity contribution in [2.24, 2.45) is 0 Å². The first-order chi connectivity index (χ1) is 8.77. The lowest BCUT2D eigenvalue weighted by Crippen LogP contribution is -1.94. The van der Waals surface area contributed by atoms with E-state index in [-0.39, 0.29) is 0 Å². The van der Waals surface area contributed by atoms with E-state index in [1.807, 2.05) is 24.3 Å². The molecule has 2 heterocycles. The molecule has 1 N–H and O–H groups in total. The summed E-state index contributed by atoms with van der Waals surface area (Å²) in [5, 5.41) is 8.57. The average molecular weight is 257 g/mol. The highest BCUT2D eigenvalue weighted by Crippen LogP contribution is 2.27. The predicted molar refractivity (Wildman–Crippen MR) is 70.1 cm³/mol. The molecule has 1 aromatic carbocycles. The van der Waals surface area contributed by atoms with Gasteiger partial charge in [-0.2, -0.15) is 5.10 Å². The van der Waals surface area contributed by atoms with Crippen molar-refractivity contribution in [3.8, 4) is 11.3 Å². The van der Waals surface area contributed by atoms with Crippen LogP contribution in [0.2, 0.25) is 0 Å². The number of H-pyrrole nitrogens is 1. The first-order valence-electron chi connectivity index (χ1n) is 5.34. The molecule has 3 nitrogen and oxygen atoms in total. The third-order valence-electron chi connectivity index (χ3n) is 2.72. The van der Waals surface area contributed by atoms with E-state index >= 15 is 0 Å². The van der Waals surface area contributed by atoms with Crippen LogP contribution in [0.1, 0.15) is 0 Å². The summed E-state index contributed by atoms with van der Waals surface area (Å²) in [6.45, 7) is 0. The summed E-state index contributed by atoms with van der Waals surface area (Å²) in [5.74, 6) is -0.402. The number of aromatic nitrogens is 3. The van der Waals surface area contributed by atoms with E-state index in [1.54, 1.807) is 6.07 Å². The van der Waals surface area contributed by atoms with Crippen LogP contribution in [-0.4, -0.2) is 15.2 Å². The molecule has 0 radical (unpaired) electrons. The molecule has 18 heavy (non-hydrogen) atoms. The SMILES string of the molecule is Fc1cnccc1-c1n[nH]c(=S)c2ccccc12. The molecule has 0 bridgehead atoms. The van der Waals surface area contributed by atoms with Gasteiger partial charge in [-0.15, -0.1) is 0 Å². The van der Waals surface area contributed by atoms with Gasteiger partial charge in [0.05, 0.1) is 6.20 Å². The number of halogens is 1. The van der Waals surface area contributed by atoms with E-state index in [0.717, 1.165) is 10.8 Å². The monoisotopic (exact) mass is 257 g/mol. The summed E-state index contributed by atoms with van der Waals surface area (Å²) in [6, 6.07) is 9.13. The largest absolute Gasteiger partial charge is 0.267 e. The van der Waals surface area contributed by atoms with Crippen LogP contribution < -0.4 is 0 Å². The minimum absolute atomic E-state index is 0.402. The van der Waals surface area contributed by atoms with Gasteiger partial charge in [0.25, 0.3) is 0 Å². The normalized spacial score (nSPS) is 10.7. The molecular weight excluding hydrogens is 249 g/mol. The number of aromatic amines is 1. The van der Waals surface area contributed by atoms with E-state index in [9.17, 15) is 4.39 Å². The van der Waals surface area contributed by atoms with Gasteiger partial charge in [0, 0.05) is 22.5 Å². The van der Waals surface area contributed by atoms with Crippen molar-refractivity contribution in [2.75, 3.05) is 0 Å². The van der Waals surface area contributed by atoms with E-state index in [1.165, 1.54) is 12.4 Å². The van der Waals surface area contributed by atoms with Gasteiger partial charge in [0.15, 0.2) is 5.82 Å². The molecule has 5 heteroatoms. The first kappa shape index (κ1) is 11.0. The topological polar surface area (TPSA) is 41.6 Å². The number of nitrogens with one attached hydrogen (secondary N) is 1. The molecule has 3 rings (SSSR count). The van der Waals surface area contributed by atoms with Crippen molar-refractivity contribution < 1.29 is 4.39 Å². The van der Waals surface area contributed by atoms with Crippen LogP contribution in [0.3, 0.4) is 0 Å². The van der Waals surface area contributed by atoms with E-state index in [4.69, 9.17) is 12.2 Å². The quantitative estimate of drug-likeness (QED) is 0.678. The van der Waals surface area contributed by atoms with Crippen LogP contribution >= 0.6 is 12.2 Å². The van der Waals surface area contributed by atoms with Crippen LogP contribution in [-0.2, 0) is 0 Å². The van der Waals surface area contributed by atoms with Gasteiger partial charge < -0.3 is 0 Å². The lowest BCUT2D eigenvalue weighted by atomic mass is 10.1. The number of rotatable bonds is 1. The summed E-state index contributed by atoms with van der Waals surface area (Å²) >= 11 is 5.17. The Hall–Kier alpha value is -2.14. The Kier molecular flexibility index (Phi) is 2.60. The lowest BCUT2D eigenvalue weighted by Gasteiger charge is -2.06. The molecule has 0 aliphatic rings. The third kappa shape index (κ3) is 1.69. The molecule has 2 aromatic heterocycles. The fourth-order valence-electron chi connectivity index (χ4n) is 1.89. The summed E-state index contributed by atoms with van der Waals surface area (Å²) in [7, 11) is 0. The summed E-state index contributed by atoms with van der Waals surface area (Å²) in [4.78, 5) is 3.73. The second-order valence-electron chi connectivity index (χ2n) is 3.80. The first-order valence-corrected chi connectivity index (χ1v) is 5.75. The molecule has 3 aromatic rings. The minimum Gasteiger partial charge on any atom is -0.267 e. The Balaban J connectivity index is 2.41. The van der Waals surface area contributed by atoms with Crippen LogP contribution in [0.25, 0.3) is 22.0 Å². The fraction of sp³-hybridized carbons (Fsp3) is 0. The zero-order valence-electron chi connectivity index (χ0n) is 9.22. The Morgan fingerprint density at radius 3 is 2.67 bits per heavy atom. The molecule has 0 aliphatic heterocycles. The van der Waals surface area contributed by atoms with Gasteiger partial charge in [-0.3, -0.25) is 10.1 Å². The predicted octanol–water partition coefficient (Wildman–Crippen LogP) is 3.49. The van der Waals surface area contributed by atoms with Crippen LogP contribution in [0.15, 0.2) is 42.7 Å². The van der Waals surface area contributed by atoms with E-state index in [2.05, 4.69) is 15.2 Å². The van der Waals surface area contributed by atoms with Crippen molar-refractivity contribution in [3.63, 3.8) is 0 Å². The number of nitrogens with zero attached hydrogens (tertiary/aromatic N) is 2. The van der Waals surface area contributed by atoms with Crippen molar-refractivity contribution in [1.29, 1.82) is 0 Å². The molecule has 0 amide bonds. The van der Waals surface area contributed by atoms with Gasteiger partial charge in [-0.25, -0.2) is 4.39 Å². The number of pyridine rings is 1. The van der Waals surface area contributed by atoms with Crippen molar-refractivity contribution >= 4 is 23.0 Å². The maximum Gasteiger partial charge on any atom is 0.150 e. The Bertz CT molecular complexity index is 782. The van der Waals surface area contributed by atoms with Crippen molar-refractivity contribution in [3.05, 3.63) is 53.2 Å². The van der Waals surface area contributed by atoms with Crippen LogP contribution in [0.4, 0.5) is 4.39 Å². The molecule has 0 saturated heterocycles. The third-order valence-corrected chi connectivity index (χ3v) is 3.03. The molecule has 0 spiro atoms. The fourth-order valence-corrected chi connectivity index (χ4v) is 2.11. The van der Waals surface area contributed by atoms with Crippen molar-refractivity contribution in [1.82, 2.24) is 15.2 Å². The van der Waals surface area contributed by atoms with Gasteiger partial charge in [-0.05, 0) is 6.07 Å². The average Bonchev–Trinajstić information content (AvgIpc) is 2.41. The van der Waals surface area contributed by atoms with Gasteiger partial charge >= 0.3 is 0 Å². The van der Waals surface area contributed by atoms with Gasteiger partial charge in [0.1, 0.15) is 10.3 Å². The Morgan fingerprint density at radius 1 is 1.11 bits per heavy atom.